The van der Waals surface area contributed by atoms with Crippen LogP contribution < -0.4 is 10.1 Å². The van der Waals surface area contributed by atoms with Gasteiger partial charge in [-0.3, -0.25) is 4.79 Å². The first-order chi connectivity index (χ1) is 15.3. The van der Waals surface area contributed by atoms with Crippen LogP contribution in [0.3, 0.4) is 0 Å². The molecule has 0 bridgehead atoms. The van der Waals surface area contributed by atoms with Crippen LogP contribution >= 0.6 is 11.3 Å². The Bertz CT molecular complexity index is 933. The molecule has 1 aromatic carbocycles. The Hall–Kier alpha value is -2.61. The van der Waals surface area contributed by atoms with Crippen LogP contribution in [0.25, 0.3) is 0 Å². The van der Waals surface area contributed by atoms with Gasteiger partial charge in [-0.05, 0) is 62.8 Å². The van der Waals surface area contributed by atoms with E-state index in [9.17, 15) is 14.0 Å². The first-order valence-corrected chi connectivity index (χ1v) is 12.0. The summed E-state index contributed by atoms with van der Waals surface area (Å²) in [5.41, 5.74) is 1.06. The summed E-state index contributed by atoms with van der Waals surface area (Å²) < 4.78 is 19.4. The first kappa shape index (κ1) is 24.0. The molecule has 0 saturated heterocycles. The van der Waals surface area contributed by atoms with Crippen molar-refractivity contribution in [1.82, 2.24) is 15.1 Å². The molecule has 3 amide bonds. The summed E-state index contributed by atoms with van der Waals surface area (Å²) in [6.07, 6.45) is 1.52. The Kier molecular flexibility index (Phi) is 8.12. The summed E-state index contributed by atoms with van der Waals surface area (Å²) in [6.45, 7) is 8.53. The quantitative estimate of drug-likeness (QED) is 0.625. The fourth-order valence-corrected chi connectivity index (χ4v) is 4.75. The van der Waals surface area contributed by atoms with Crippen molar-refractivity contribution in [3.05, 3.63) is 52.0 Å². The number of carbonyl (C=O) groups is 2. The van der Waals surface area contributed by atoms with Crippen LogP contribution in [-0.2, 0) is 11.2 Å². The van der Waals surface area contributed by atoms with Gasteiger partial charge in [0.1, 0.15) is 24.7 Å². The van der Waals surface area contributed by atoms with E-state index < -0.39 is 0 Å². The molecule has 6 nitrogen and oxygen atoms in total. The highest BCUT2D eigenvalue weighted by molar-refractivity contribution is 7.10. The largest absolute Gasteiger partial charge is 0.491 e. The van der Waals surface area contributed by atoms with Gasteiger partial charge in [-0.2, -0.15) is 0 Å². The highest BCUT2D eigenvalue weighted by Gasteiger charge is 2.34. The van der Waals surface area contributed by atoms with Crippen molar-refractivity contribution in [3.63, 3.8) is 0 Å². The van der Waals surface area contributed by atoms with Gasteiger partial charge in [0.2, 0.25) is 5.91 Å². The lowest BCUT2D eigenvalue weighted by Crippen LogP contribution is -2.53. The van der Waals surface area contributed by atoms with Gasteiger partial charge in [0.25, 0.3) is 0 Å². The molecule has 2 heterocycles. The lowest BCUT2D eigenvalue weighted by Gasteiger charge is -2.38. The maximum absolute atomic E-state index is 13.6. The SMILES string of the molecule is CC[C@H](C)N(CC(=O)N1CCc2sccc2[C@@H]1COc1cccc(F)c1)C(=O)NC(C)C. The van der Waals surface area contributed by atoms with Gasteiger partial charge in [0, 0.05) is 29.6 Å². The molecule has 1 N–H and O–H groups in total. The monoisotopic (exact) mass is 461 g/mol. The fourth-order valence-electron chi connectivity index (χ4n) is 3.82. The van der Waals surface area contributed by atoms with Gasteiger partial charge in [0.05, 0.1) is 6.04 Å². The molecule has 2 aromatic rings. The minimum Gasteiger partial charge on any atom is -0.491 e. The number of nitrogens with one attached hydrogen (secondary N) is 1. The van der Waals surface area contributed by atoms with E-state index in [4.69, 9.17) is 4.74 Å². The summed E-state index contributed by atoms with van der Waals surface area (Å²) in [7, 11) is 0. The predicted molar refractivity (Wildman–Crippen MR) is 124 cm³/mol. The average Bonchev–Trinajstić information content (AvgIpc) is 3.23. The van der Waals surface area contributed by atoms with Gasteiger partial charge in [-0.25, -0.2) is 9.18 Å². The van der Waals surface area contributed by atoms with Crippen molar-refractivity contribution in [2.24, 2.45) is 0 Å². The fraction of sp³-hybridized carbons (Fsp3) is 0.500. The summed E-state index contributed by atoms with van der Waals surface area (Å²) in [5.74, 6) is -0.0538. The van der Waals surface area contributed by atoms with Crippen LogP contribution in [0, 0.1) is 5.82 Å². The van der Waals surface area contributed by atoms with Crippen LogP contribution in [0.15, 0.2) is 35.7 Å². The van der Waals surface area contributed by atoms with E-state index in [0.29, 0.717) is 12.3 Å². The van der Waals surface area contributed by atoms with Crippen LogP contribution in [0.5, 0.6) is 5.75 Å². The molecule has 174 valence electrons. The number of carbonyl (C=O) groups excluding carboxylic acids is 2. The predicted octanol–water partition coefficient (Wildman–Crippen LogP) is 4.61. The number of nitrogens with zero attached hydrogens (tertiary/aromatic N) is 2. The molecule has 32 heavy (non-hydrogen) atoms. The maximum Gasteiger partial charge on any atom is 0.318 e. The molecule has 0 radical (unpaired) electrons. The Morgan fingerprint density at radius 2 is 2.09 bits per heavy atom. The minimum atomic E-state index is -0.365. The van der Waals surface area contributed by atoms with E-state index in [1.807, 2.05) is 39.1 Å². The number of benzene rings is 1. The Labute approximate surface area is 193 Å². The molecule has 0 saturated carbocycles. The maximum atomic E-state index is 13.6. The van der Waals surface area contributed by atoms with Gasteiger partial charge < -0.3 is 19.9 Å². The summed E-state index contributed by atoms with van der Waals surface area (Å²) in [4.78, 5) is 30.8. The van der Waals surface area contributed by atoms with E-state index in [2.05, 4.69) is 5.32 Å². The molecule has 1 aromatic heterocycles. The second-order valence-corrected chi connectivity index (χ2v) is 9.41. The molecular weight excluding hydrogens is 429 g/mol. The zero-order chi connectivity index (χ0) is 23.3. The number of hydrogen-bond acceptors (Lipinski definition) is 4. The number of thiophene rings is 1. The summed E-state index contributed by atoms with van der Waals surface area (Å²) in [5, 5.41) is 4.92. The highest BCUT2D eigenvalue weighted by Crippen LogP contribution is 2.34. The van der Waals surface area contributed by atoms with Gasteiger partial charge >= 0.3 is 6.03 Å². The number of fused-ring (bicyclic) bond motifs is 1. The van der Waals surface area contributed by atoms with Crippen molar-refractivity contribution >= 4 is 23.3 Å². The van der Waals surface area contributed by atoms with Gasteiger partial charge in [0.15, 0.2) is 0 Å². The van der Waals surface area contributed by atoms with Crippen molar-refractivity contribution in [2.75, 3.05) is 19.7 Å². The smallest absolute Gasteiger partial charge is 0.318 e. The zero-order valence-corrected chi connectivity index (χ0v) is 20.0. The number of rotatable bonds is 8. The average molecular weight is 462 g/mol. The number of urea groups is 1. The van der Waals surface area contributed by atoms with Crippen LogP contribution in [-0.4, -0.2) is 53.5 Å². The third kappa shape index (κ3) is 5.79. The lowest BCUT2D eigenvalue weighted by molar-refractivity contribution is -0.136. The number of amides is 3. The van der Waals surface area contributed by atoms with E-state index in [-0.39, 0.29) is 49.0 Å². The number of hydrogen-bond donors (Lipinski definition) is 1. The normalized spacial score (nSPS) is 16.4. The van der Waals surface area contributed by atoms with E-state index >= 15 is 0 Å². The number of ether oxygens (including phenoxy) is 1. The van der Waals surface area contributed by atoms with Crippen molar-refractivity contribution in [1.29, 1.82) is 0 Å². The Morgan fingerprint density at radius 1 is 1.31 bits per heavy atom. The van der Waals surface area contributed by atoms with Crippen molar-refractivity contribution in [2.45, 2.75) is 58.7 Å². The molecule has 2 atom stereocenters. The van der Waals surface area contributed by atoms with E-state index in [1.165, 1.54) is 17.0 Å². The topological polar surface area (TPSA) is 61.9 Å². The van der Waals surface area contributed by atoms with Gasteiger partial charge in [-0.15, -0.1) is 11.3 Å². The molecule has 0 fully saturated rings. The first-order valence-electron chi connectivity index (χ1n) is 11.1. The zero-order valence-electron chi connectivity index (χ0n) is 19.1. The second-order valence-electron chi connectivity index (χ2n) is 8.41. The number of halogens is 1. The standard InChI is InChI=1S/C24H32FN3O3S/c1-5-17(4)28(24(30)26-16(2)3)14-23(29)27-11-9-22-20(10-12-32-22)21(27)15-31-19-8-6-7-18(25)13-19/h6-8,10,12-13,16-17,21H,5,9,11,14-15H2,1-4H3,(H,26,30)/t17-,21-/m0/s1. The third-order valence-corrected chi connectivity index (χ3v) is 6.72. The minimum absolute atomic E-state index is 0.00347. The molecule has 8 heteroatoms. The molecule has 1 aliphatic rings. The summed E-state index contributed by atoms with van der Waals surface area (Å²) >= 11 is 1.67. The van der Waals surface area contributed by atoms with Crippen LogP contribution in [0.2, 0.25) is 0 Å². The Balaban J connectivity index is 1.78. The summed E-state index contributed by atoms with van der Waals surface area (Å²) in [6, 6.07) is 7.43. The van der Waals surface area contributed by atoms with Crippen LogP contribution in [0.1, 0.15) is 50.6 Å². The van der Waals surface area contributed by atoms with Crippen molar-refractivity contribution < 1.29 is 18.7 Å². The lowest BCUT2D eigenvalue weighted by atomic mass is 10.00. The van der Waals surface area contributed by atoms with Gasteiger partial charge in [-0.1, -0.05) is 13.0 Å². The molecule has 0 spiro atoms. The molecule has 0 unspecified atom stereocenters. The molecule has 0 aliphatic carbocycles. The van der Waals surface area contributed by atoms with Crippen LogP contribution in [0.4, 0.5) is 9.18 Å². The molecular formula is C24H32FN3O3S. The Morgan fingerprint density at radius 3 is 2.78 bits per heavy atom. The third-order valence-electron chi connectivity index (χ3n) is 5.72. The van der Waals surface area contributed by atoms with E-state index in [0.717, 1.165) is 18.4 Å². The second kappa shape index (κ2) is 10.8. The highest BCUT2D eigenvalue weighted by atomic mass is 32.1. The van der Waals surface area contributed by atoms with E-state index in [1.54, 1.807) is 33.3 Å². The molecule has 3 rings (SSSR count). The molecule has 1 aliphatic heterocycles. The van der Waals surface area contributed by atoms with Crippen molar-refractivity contribution in [3.8, 4) is 5.75 Å².